The van der Waals surface area contributed by atoms with Crippen molar-refractivity contribution in [2.24, 2.45) is 0 Å². The van der Waals surface area contributed by atoms with Crippen molar-refractivity contribution in [1.82, 2.24) is 0 Å². The first-order valence-electron chi connectivity index (χ1n) is 8.09. The molecule has 0 N–H and O–H groups in total. The van der Waals surface area contributed by atoms with E-state index < -0.39 is 10.8 Å². The molecular weight excluding hydrogens is 316 g/mol. The van der Waals surface area contributed by atoms with Crippen molar-refractivity contribution in [2.45, 2.75) is 25.2 Å². The fourth-order valence-electron chi connectivity index (χ4n) is 3.27. The van der Waals surface area contributed by atoms with Crippen molar-refractivity contribution < 1.29 is 8.95 Å². The van der Waals surface area contributed by atoms with Crippen LogP contribution < -0.4 is 4.74 Å². The summed E-state index contributed by atoms with van der Waals surface area (Å²) in [7, 11) is 0.764. The molecule has 1 aliphatic carbocycles. The molecular formula is C21H22O2S. The van der Waals surface area contributed by atoms with Crippen molar-refractivity contribution >= 4 is 28.0 Å². The van der Waals surface area contributed by atoms with Gasteiger partial charge < -0.3 is 4.74 Å². The number of rotatable bonds is 4. The molecule has 2 aromatic rings. The summed E-state index contributed by atoms with van der Waals surface area (Å²) in [6.07, 6.45) is 4.91. The summed E-state index contributed by atoms with van der Waals surface area (Å²) in [5.74, 6) is 0.892. The monoisotopic (exact) mass is 338 g/mol. The van der Waals surface area contributed by atoms with Crippen LogP contribution in [-0.2, 0) is 10.8 Å². The van der Waals surface area contributed by atoms with Crippen LogP contribution in [0.1, 0.15) is 37.0 Å². The van der Waals surface area contributed by atoms with Gasteiger partial charge in [-0.1, -0.05) is 25.1 Å². The van der Waals surface area contributed by atoms with Gasteiger partial charge >= 0.3 is 0 Å². The third-order valence-electron chi connectivity index (χ3n) is 4.58. The number of allylic oxidation sites excluding steroid dienone is 3. The second-order valence-corrected chi connectivity index (χ2v) is 7.33. The lowest BCUT2D eigenvalue weighted by Gasteiger charge is -2.07. The number of benzene rings is 2. The predicted octanol–water partition coefficient (Wildman–Crippen LogP) is 5.17. The lowest BCUT2D eigenvalue weighted by Crippen LogP contribution is -1.89. The van der Waals surface area contributed by atoms with Gasteiger partial charge in [0.15, 0.2) is 0 Å². The zero-order chi connectivity index (χ0) is 17.3. The third-order valence-corrected chi connectivity index (χ3v) is 5.51. The second kappa shape index (κ2) is 6.78. The molecule has 0 amide bonds. The van der Waals surface area contributed by atoms with Gasteiger partial charge in [0.25, 0.3) is 0 Å². The molecule has 124 valence electrons. The van der Waals surface area contributed by atoms with Crippen LogP contribution in [0.2, 0.25) is 0 Å². The predicted molar refractivity (Wildman–Crippen MR) is 103 cm³/mol. The minimum atomic E-state index is -0.939. The highest BCUT2D eigenvalue weighted by atomic mass is 32.2. The molecule has 0 aliphatic heterocycles. The number of methoxy groups -OCH3 is 1. The molecule has 0 radical (unpaired) electrons. The maximum atomic E-state index is 11.5. The normalized spacial score (nSPS) is 16.4. The minimum Gasteiger partial charge on any atom is -0.497 e. The molecule has 0 spiro atoms. The van der Waals surface area contributed by atoms with Crippen LogP contribution in [0.15, 0.2) is 52.9 Å². The molecule has 3 heteroatoms. The molecule has 2 nitrogen and oxygen atoms in total. The van der Waals surface area contributed by atoms with Gasteiger partial charge in [-0.2, -0.15) is 0 Å². The molecule has 0 aromatic heterocycles. The van der Waals surface area contributed by atoms with Crippen LogP contribution in [0.25, 0.3) is 17.2 Å². The highest BCUT2D eigenvalue weighted by Crippen LogP contribution is 2.44. The second-order valence-electron chi connectivity index (χ2n) is 5.95. The van der Waals surface area contributed by atoms with E-state index in [0.717, 1.165) is 22.6 Å². The van der Waals surface area contributed by atoms with Gasteiger partial charge in [-0.25, -0.2) is 0 Å². The highest BCUT2D eigenvalue weighted by molar-refractivity contribution is 7.84. The summed E-state index contributed by atoms with van der Waals surface area (Å²) in [5, 5.41) is 0. The molecule has 0 saturated carbocycles. The Kier molecular flexibility index (Phi) is 4.72. The van der Waals surface area contributed by atoms with Gasteiger partial charge in [-0.3, -0.25) is 4.21 Å². The Bertz CT molecular complexity index is 858. The summed E-state index contributed by atoms with van der Waals surface area (Å²) < 4.78 is 16.9. The average Bonchev–Trinajstić information content (AvgIpc) is 2.86. The van der Waals surface area contributed by atoms with Gasteiger partial charge in [0, 0.05) is 22.0 Å². The number of ether oxygens (including phenoxy) is 1. The van der Waals surface area contributed by atoms with Crippen molar-refractivity contribution in [3.63, 3.8) is 0 Å². The van der Waals surface area contributed by atoms with Gasteiger partial charge in [0.2, 0.25) is 0 Å². The van der Waals surface area contributed by atoms with Crippen molar-refractivity contribution in [1.29, 1.82) is 0 Å². The molecule has 2 aromatic carbocycles. The van der Waals surface area contributed by atoms with Crippen molar-refractivity contribution in [3.05, 3.63) is 64.7 Å². The molecule has 3 rings (SSSR count). The maximum Gasteiger partial charge on any atom is 0.119 e. The molecule has 1 aliphatic rings. The standard InChI is InChI=1S/C21H22O2S/c1-5-18-14(2)20(19-11-8-16(23-3)13-21(18)19)12-15-6-9-17(10-7-15)24(4)22/h6-13H,5H2,1-4H3/b20-12-. The first-order chi connectivity index (χ1) is 11.5. The summed E-state index contributed by atoms with van der Waals surface area (Å²) in [6, 6.07) is 14.2. The highest BCUT2D eigenvalue weighted by Gasteiger charge is 2.23. The quantitative estimate of drug-likeness (QED) is 0.769. The largest absolute Gasteiger partial charge is 0.497 e. The van der Waals surface area contributed by atoms with E-state index in [2.05, 4.69) is 32.1 Å². The van der Waals surface area contributed by atoms with E-state index >= 15 is 0 Å². The topological polar surface area (TPSA) is 26.3 Å². The van der Waals surface area contributed by atoms with Crippen LogP contribution in [0.4, 0.5) is 0 Å². The molecule has 0 saturated heterocycles. The zero-order valence-corrected chi connectivity index (χ0v) is 15.4. The lowest BCUT2D eigenvalue weighted by atomic mass is 10.0. The average molecular weight is 338 g/mol. The van der Waals surface area contributed by atoms with Gasteiger partial charge in [-0.15, -0.1) is 0 Å². The van der Waals surface area contributed by atoms with Crippen molar-refractivity contribution in [3.8, 4) is 5.75 Å². The SMILES string of the molecule is CCC1=C(C)/C(=C/c2ccc(S(C)=O)cc2)c2ccc(OC)cc21. The number of hydrogen-bond donors (Lipinski definition) is 0. The molecule has 0 bridgehead atoms. The van der Waals surface area contributed by atoms with Crippen LogP contribution in [0, 0.1) is 0 Å². The van der Waals surface area contributed by atoms with E-state index in [1.54, 1.807) is 13.4 Å². The first-order valence-corrected chi connectivity index (χ1v) is 9.65. The molecule has 24 heavy (non-hydrogen) atoms. The summed E-state index contributed by atoms with van der Waals surface area (Å²) in [5.41, 5.74) is 7.61. The van der Waals surface area contributed by atoms with E-state index in [1.165, 1.54) is 27.8 Å². The molecule has 1 unspecified atom stereocenters. The van der Waals surface area contributed by atoms with Gasteiger partial charge in [0.05, 0.1) is 7.11 Å². The number of hydrogen-bond acceptors (Lipinski definition) is 2. The Balaban J connectivity index is 2.08. The summed E-state index contributed by atoms with van der Waals surface area (Å²) in [6.45, 7) is 4.38. The number of fused-ring (bicyclic) bond motifs is 1. The lowest BCUT2D eigenvalue weighted by molar-refractivity contribution is 0.414. The first kappa shape index (κ1) is 16.7. The van der Waals surface area contributed by atoms with E-state index in [1.807, 2.05) is 30.3 Å². The van der Waals surface area contributed by atoms with E-state index in [0.29, 0.717) is 0 Å². The Hall–Kier alpha value is -2.13. The van der Waals surface area contributed by atoms with Gasteiger partial charge in [0.1, 0.15) is 5.75 Å². The minimum absolute atomic E-state index is 0.857. The van der Waals surface area contributed by atoms with Crippen LogP contribution in [-0.4, -0.2) is 17.6 Å². The fourth-order valence-corrected chi connectivity index (χ4v) is 3.78. The van der Waals surface area contributed by atoms with Crippen LogP contribution in [0.5, 0.6) is 5.75 Å². The Morgan fingerprint density at radius 3 is 2.38 bits per heavy atom. The molecule has 0 fully saturated rings. The molecule has 1 atom stereocenters. The van der Waals surface area contributed by atoms with Crippen LogP contribution in [0.3, 0.4) is 0 Å². The van der Waals surface area contributed by atoms with Gasteiger partial charge in [-0.05, 0) is 77.1 Å². The van der Waals surface area contributed by atoms with E-state index in [9.17, 15) is 4.21 Å². The summed E-state index contributed by atoms with van der Waals surface area (Å²) in [4.78, 5) is 0.857. The maximum absolute atomic E-state index is 11.5. The van der Waals surface area contributed by atoms with E-state index in [4.69, 9.17) is 4.74 Å². The smallest absolute Gasteiger partial charge is 0.119 e. The third kappa shape index (κ3) is 2.96. The Morgan fingerprint density at radius 2 is 1.79 bits per heavy atom. The molecule has 0 heterocycles. The van der Waals surface area contributed by atoms with E-state index in [-0.39, 0.29) is 0 Å². The summed E-state index contributed by atoms with van der Waals surface area (Å²) >= 11 is 0. The Labute approximate surface area is 146 Å². The van der Waals surface area contributed by atoms with Crippen LogP contribution >= 0.6 is 0 Å². The van der Waals surface area contributed by atoms with Crippen molar-refractivity contribution in [2.75, 3.05) is 13.4 Å². The zero-order valence-electron chi connectivity index (χ0n) is 14.6. The Morgan fingerprint density at radius 1 is 1.08 bits per heavy atom. The fraction of sp³-hybridized carbons (Fsp3) is 0.238.